The van der Waals surface area contributed by atoms with Crippen molar-refractivity contribution in [2.75, 3.05) is 43.6 Å². The summed E-state index contributed by atoms with van der Waals surface area (Å²) in [6.45, 7) is 10.1. The summed E-state index contributed by atoms with van der Waals surface area (Å²) in [5.41, 5.74) is 4.17. The van der Waals surface area contributed by atoms with Crippen LogP contribution in [0.5, 0.6) is 0 Å². The Kier molecular flexibility index (Phi) is 7.47. The van der Waals surface area contributed by atoms with Crippen LogP contribution in [0.25, 0.3) is 0 Å². The average Bonchev–Trinajstić information content (AvgIpc) is 3.48. The Morgan fingerprint density at radius 2 is 1.90 bits per heavy atom. The van der Waals surface area contributed by atoms with E-state index >= 15 is 0 Å². The molecule has 4 heterocycles. The van der Waals surface area contributed by atoms with Gasteiger partial charge in [-0.2, -0.15) is 0 Å². The second-order valence-electron chi connectivity index (χ2n) is 11.6. The molecule has 0 aliphatic carbocycles. The van der Waals surface area contributed by atoms with Gasteiger partial charge in [0.1, 0.15) is 18.0 Å². The number of pyridine rings is 1. The topological polar surface area (TPSA) is 108 Å². The molecule has 1 aromatic heterocycles. The summed E-state index contributed by atoms with van der Waals surface area (Å²) in [5, 5.41) is 17.2. The van der Waals surface area contributed by atoms with Crippen molar-refractivity contribution in [3.05, 3.63) is 95.7 Å². The molecule has 218 valence electrons. The number of benzene rings is 2. The molecule has 42 heavy (non-hydrogen) atoms. The number of nitrogens with zero attached hydrogens (tertiary/aromatic N) is 3. The van der Waals surface area contributed by atoms with Gasteiger partial charge in [-0.15, -0.1) is 6.58 Å². The zero-order valence-corrected chi connectivity index (χ0v) is 24.1. The van der Waals surface area contributed by atoms with Crippen LogP contribution in [0.4, 0.5) is 17.2 Å². The molecular weight excluding hydrogens is 530 g/mol. The fraction of sp³-hybridized carbons (Fsp3) is 0.364. The number of carbonyl (C=O) groups is 1. The minimum atomic E-state index is -0.468. The van der Waals surface area contributed by atoms with Gasteiger partial charge < -0.3 is 30.1 Å². The third-order valence-electron chi connectivity index (χ3n) is 8.50. The molecule has 0 saturated carbocycles. The summed E-state index contributed by atoms with van der Waals surface area (Å²) < 4.78 is 11.7. The average molecular weight is 568 g/mol. The van der Waals surface area contributed by atoms with E-state index in [0.717, 1.165) is 40.9 Å². The summed E-state index contributed by atoms with van der Waals surface area (Å²) in [4.78, 5) is 24.6. The molecule has 0 unspecified atom stereocenters. The van der Waals surface area contributed by atoms with Gasteiger partial charge in [0, 0.05) is 43.3 Å². The van der Waals surface area contributed by atoms with Crippen LogP contribution in [0.15, 0.2) is 78.4 Å². The van der Waals surface area contributed by atoms with E-state index in [-0.39, 0.29) is 24.1 Å². The first-order valence-corrected chi connectivity index (χ1v) is 14.4. The van der Waals surface area contributed by atoms with E-state index in [1.807, 2.05) is 73.3 Å². The van der Waals surface area contributed by atoms with E-state index in [4.69, 9.17) is 19.5 Å². The Bertz CT molecular complexity index is 1510. The van der Waals surface area contributed by atoms with Crippen molar-refractivity contribution >= 4 is 29.0 Å². The van der Waals surface area contributed by atoms with Crippen LogP contribution in [-0.2, 0) is 15.0 Å². The molecular formula is C33H37N5O4. The van der Waals surface area contributed by atoms with Crippen LogP contribution in [0, 0.1) is 0 Å². The summed E-state index contributed by atoms with van der Waals surface area (Å²) in [6.07, 6.45) is 5.14. The lowest BCUT2D eigenvalue weighted by atomic mass is 9.92. The first-order chi connectivity index (χ1) is 20.3. The SMILES string of the molecule is C=CCN1C(=O)c2ccc(Nc3cc(N[C@H](CO)c4ccccc4)c(C4=NC5(CCOCC5)CO4)cn3)cc2C1(C)C. The van der Waals surface area contributed by atoms with Gasteiger partial charge in [0.2, 0.25) is 5.90 Å². The van der Waals surface area contributed by atoms with Crippen molar-refractivity contribution in [1.82, 2.24) is 9.88 Å². The maximum atomic E-state index is 13.0. The maximum absolute atomic E-state index is 13.0. The highest BCUT2D eigenvalue weighted by atomic mass is 16.5. The number of hydrogen-bond donors (Lipinski definition) is 3. The van der Waals surface area contributed by atoms with Crippen molar-refractivity contribution in [1.29, 1.82) is 0 Å². The fourth-order valence-electron chi connectivity index (χ4n) is 6.00. The molecule has 3 aromatic rings. The van der Waals surface area contributed by atoms with Crippen LogP contribution in [0.3, 0.4) is 0 Å². The number of amides is 1. The summed E-state index contributed by atoms with van der Waals surface area (Å²) in [7, 11) is 0. The third kappa shape index (κ3) is 5.14. The number of nitrogens with one attached hydrogen (secondary N) is 2. The normalized spacial score (nSPS) is 19.2. The van der Waals surface area contributed by atoms with Crippen LogP contribution >= 0.6 is 0 Å². The van der Waals surface area contributed by atoms with E-state index in [1.54, 1.807) is 12.3 Å². The molecule has 1 saturated heterocycles. The molecule has 0 bridgehead atoms. The first kappa shape index (κ1) is 27.9. The Labute approximate surface area is 246 Å². The van der Waals surface area contributed by atoms with E-state index in [1.165, 1.54) is 0 Å². The molecule has 2 aromatic carbocycles. The van der Waals surface area contributed by atoms with Crippen molar-refractivity contribution in [2.45, 2.75) is 43.8 Å². The number of fused-ring (bicyclic) bond motifs is 1. The lowest BCUT2D eigenvalue weighted by Gasteiger charge is -2.31. The van der Waals surface area contributed by atoms with Crippen LogP contribution in [-0.4, -0.2) is 65.3 Å². The highest BCUT2D eigenvalue weighted by Crippen LogP contribution is 2.40. The highest BCUT2D eigenvalue weighted by Gasteiger charge is 2.42. The Hall–Kier alpha value is -4.21. The number of carbonyl (C=O) groups excluding carboxylic acids is 1. The van der Waals surface area contributed by atoms with E-state index in [9.17, 15) is 9.90 Å². The summed E-state index contributed by atoms with van der Waals surface area (Å²) in [5.74, 6) is 1.16. The fourth-order valence-corrected chi connectivity index (χ4v) is 6.00. The second-order valence-corrected chi connectivity index (χ2v) is 11.6. The third-order valence-corrected chi connectivity index (χ3v) is 8.50. The predicted molar refractivity (Wildman–Crippen MR) is 163 cm³/mol. The molecule has 1 atom stereocenters. The number of aromatic nitrogens is 1. The van der Waals surface area contributed by atoms with Crippen LogP contribution in [0.2, 0.25) is 0 Å². The van der Waals surface area contributed by atoms with Gasteiger partial charge in [0.25, 0.3) is 5.91 Å². The molecule has 3 aliphatic heterocycles. The van der Waals surface area contributed by atoms with Gasteiger partial charge in [0.05, 0.1) is 29.4 Å². The molecule has 0 radical (unpaired) electrons. The Balaban J connectivity index is 1.33. The summed E-state index contributed by atoms with van der Waals surface area (Å²) >= 11 is 0. The highest BCUT2D eigenvalue weighted by molar-refractivity contribution is 6.01. The Morgan fingerprint density at radius 3 is 2.64 bits per heavy atom. The minimum absolute atomic E-state index is 0.00556. The van der Waals surface area contributed by atoms with Crippen LogP contribution < -0.4 is 10.6 Å². The van der Waals surface area contributed by atoms with Gasteiger partial charge in [-0.1, -0.05) is 36.4 Å². The minimum Gasteiger partial charge on any atom is -0.475 e. The number of aliphatic imine (C=N–C) groups is 1. The first-order valence-electron chi connectivity index (χ1n) is 14.4. The molecule has 1 spiro atoms. The molecule has 3 N–H and O–H groups in total. The van der Waals surface area contributed by atoms with E-state index < -0.39 is 5.54 Å². The standard InChI is InChI=1S/C33H37N5O4/c1-4-14-38-31(40)24-11-10-23(17-26(24)32(38,2)3)35-29-18-27(36-28(20-39)22-8-6-5-7-9-22)25(19-34-29)30-37-33(21-42-30)12-15-41-16-13-33/h4-11,17-19,28,39H,1,12-16,20-21H2,2-3H3,(H2,34,35,36)/t28-/m1/s1. The zero-order chi connectivity index (χ0) is 29.3. The predicted octanol–water partition coefficient (Wildman–Crippen LogP) is 5.17. The van der Waals surface area contributed by atoms with Gasteiger partial charge in [-0.25, -0.2) is 9.98 Å². The number of aliphatic hydroxyl groups is 1. The van der Waals surface area contributed by atoms with Gasteiger partial charge in [-0.3, -0.25) is 4.79 Å². The van der Waals surface area contributed by atoms with Crippen molar-refractivity contribution in [3.8, 4) is 0 Å². The number of hydrogen-bond acceptors (Lipinski definition) is 8. The monoisotopic (exact) mass is 567 g/mol. The Morgan fingerprint density at radius 1 is 1.12 bits per heavy atom. The van der Waals surface area contributed by atoms with Crippen molar-refractivity contribution in [2.24, 2.45) is 4.99 Å². The molecule has 1 amide bonds. The quantitative estimate of drug-likeness (QED) is 0.306. The van der Waals surface area contributed by atoms with Gasteiger partial charge in [0.15, 0.2) is 0 Å². The molecule has 9 heteroatoms. The number of aliphatic hydroxyl groups excluding tert-OH is 1. The number of ether oxygens (including phenoxy) is 2. The second kappa shape index (κ2) is 11.2. The number of anilines is 3. The summed E-state index contributed by atoms with van der Waals surface area (Å²) in [6, 6.07) is 17.2. The lowest BCUT2D eigenvalue weighted by molar-refractivity contribution is 0.0442. The maximum Gasteiger partial charge on any atom is 0.255 e. The zero-order valence-electron chi connectivity index (χ0n) is 24.1. The molecule has 1 fully saturated rings. The van der Waals surface area contributed by atoms with Gasteiger partial charge >= 0.3 is 0 Å². The lowest BCUT2D eigenvalue weighted by Crippen LogP contribution is -2.39. The molecule has 6 rings (SSSR count). The smallest absolute Gasteiger partial charge is 0.255 e. The van der Waals surface area contributed by atoms with Gasteiger partial charge in [-0.05, 0) is 56.0 Å². The van der Waals surface area contributed by atoms with E-state index in [2.05, 4.69) is 17.2 Å². The van der Waals surface area contributed by atoms with Crippen LogP contribution in [0.1, 0.15) is 59.8 Å². The van der Waals surface area contributed by atoms with Crippen molar-refractivity contribution in [3.63, 3.8) is 0 Å². The van der Waals surface area contributed by atoms with E-state index in [0.29, 0.717) is 43.6 Å². The number of rotatable bonds is 9. The van der Waals surface area contributed by atoms with Crippen molar-refractivity contribution < 1.29 is 19.4 Å². The largest absolute Gasteiger partial charge is 0.475 e. The molecule has 3 aliphatic rings. The molecule has 9 nitrogen and oxygen atoms in total.